The van der Waals surface area contributed by atoms with E-state index in [1.54, 1.807) is 0 Å². The smallest absolute Gasteiger partial charge is 0.141 e. The first-order valence-corrected chi connectivity index (χ1v) is 5.37. The van der Waals surface area contributed by atoms with Crippen LogP contribution < -0.4 is 10.7 Å². The number of hydrogen-bond acceptors (Lipinski definition) is 4. The number of anilines is 1. The summed E-state index contributed by atoms with van der Waals surface area (Å²) in [6, 6.07) is 2.16. The SMILES string of the molecule is Cc1c(C#N)c(N)n(N2CCOCC2)c1C. The third-order valence-electron chi connectivity index (χ3n) is 3.10. The molecule has 0 aromatic carbocycles. The molecule has 0 unspecified atom stereocenters. The van der Waals surface area contributed by atoms with Crippen LogP contribution in [0, 0.1) is 25.2 Å². The van der Waals surface area contributed by atoms with Gasteiger partial charge in [0.05, 0.1) is 31.9 Å². The molecule has 2 rings (SSSR count). The van der Waals surface area contributed by atoms with E-state index in [1.807, 2.05) is 18.5 Å². The Morgan fingerprint density at radius 1 is 1.31 bits per heavy atom. The van der Waals surface area contributed by atoms with Gasteiger partial charge < -0.3 is 15.5 Å². The highest BCUT2D eigenvalue weighted by molar-refractivity contribution is 5.58. The van der Waals surface area contributed by atoms with Gasteiger partial charge >= 0.3 is 0 Å². The molecule has 5 heteroatoms. The van der Waals surface area contributed by atoms with Crippen LogP contribution in [0.2, 0.25) is 0 Å². The van der Waals surface area contributed by atoms with Crippen LogP contribution in [0.5, 0.6) is 0 Å². The molecule has 86 valence electrons. The van der Waals surface area contributed by atoms with E-state index in [-0.39, 0.29) is 0 Å². The van der Waals surface area contributed by atoms with Crippen molar-refractivity contribution >= 4 is 5.82 Å². The van der Waals surface area contributed by atoms with Gasteiger partial charge in [-0.15, -0.1) is 0 Å². The Morgan fingerprint density at radius 3 is 2.44 bits per heavy atom. The van der Waals surface area contributed by atoms with Gasteiger partial charge in [0.15, 0.2) is 0 Å². The summed E-state index contributed by atoms with van der Waals surface area (Å²) in [6.45, 7) is 6.95. The van der Waals surface area contributed by atoms with Crippen LogP contribution in [0.3, 0.4) is 0 Å². The lowest BCUT2D eigenvalue weighted by molar-refractivity contribution is 0.111. The number of morpholine rings is 1. The van der Waals surface area contributed by atoms with E-state index >= 15 is 0 Å². The molecule has 0 atom stereocenters. The summed E-state index contributed by atoms with van der Waals surface area (Å²) >= 11 is 0. The molecule has 5 nitrogen and oxygen atoms in total. The van der Waals surface area contributed by atoms with Crippen LogP contribution in [-0.2, 0) is 4.74 Å². The number of hydrogen-bond donors (Lipinski definition) is 1. The summed E-state index contributed by atoms with van der Waals surface area (Å²) in [4.78, 5) is 0. The van der Waals surface area contributed by atoms with Crippen LogP contribution in [-0.4, -0.2) is 31.0 Å². The lowest BCUT2D eigenvalue weighted by Gasteiger charge is -2.31. The average molecular weight is 220 g/mol. The number of nitrogens with zero attached hydrogens (tertiary/aromatic N) is 3. The summed E-state index contributed by atoms with van der Waals surface area (Å²) in [7, 11) is 0. The van der Waals surface area contributed by atoms with Crippen molar-refractivity contribution in [3.8, 4) is 6.07 Å². The van der Waals surface area contributed by atoms with Crippen LogP contribution in [0.15, 0.2) is 0 Å². The Bertz CT molecular complexity index is 438. The van der Waals surface area contributed by atoms with Crippen molar-refractivity contribution in [3.63, 3.8) is 0 Å². The van der Waals surface area contributed by atoms with Crippen molar-refractivity contribution in [3.05, 3.63) is 16.8 Å². The monoisotopic (exact) mass is 220 g/mol. The fourth-order valence-electron chi connectivity index (χ4n) is 2.08. The van der Waals surface area contributed by atoms with Gasteiger partial charge in [-0.1, -0.05) is 0 Å². The molecule has 0 amide bonds. The van der Waals surface area contributed by atoms with E-state index in [9.17, 15) is 0 Å². The van der Waals surface area contributed by atoms with Gasteiger partial charge in [0.2, 0.25) is 0 Å². The Hall–Kier alpha value is -1.67. The van der Waals surface area contributed by atoms with Crippen molar-refractivity contribution in [2.45, 2.75) is 13.8 Å². The Kier molecular flexibility index (Phi) is 2.75. The topological polar surface area (TPSA) is 67.2 Å². The maximum absolute atomic E-state index is 9.05. The molecular weight excluding hydrogens is 204 g/mol. The first kappa shape index (κ1) is 10.8. The highest BCUT2D eigenvalue weighted by Gasteiger charge is 2.20. The van der Waals surface area contributed by atoms with Crippen molar-refractivity contribution < 1.29 is 4.74 Å². The predicted molar refractivity (Wildman–Crippen MR) is 61.8 cm³/mol. The molecule has 0 aliphatic carbocycles. The standard InChI is InChI=1S/C11H16N4O/c1-8-9(2)15(11(13)10(8)7-12)14-3-5-16-6-4-14/h3-6,13H2,1-2H3. The highest BCUT2D eigenvalue weighted by Crippen LogP contribution is 2.23. The van der Waals surface area contributed by atoms with Crippen LogP contribution in [0.25, 0.3) is 0 Å². The van der Waals surface area contributed by atoms with E-state index in [0.717, 1.165) is 24.3 Å². The Balaban J connectivity index is 2.44. The van der Waals surface area contributed by atoms with Gasteiger partial charge in [0.1, 0.15) is 11.9 Å². The van der Waals surface area contributed by atoms with E-state index in [2.05, 4.69) is 11.1 Å². The van der Waals surface area contributed by atoms with Gasteiger partial charge in [-0.25, -0.2) is 4.68 Å². The molecule has 2 heterocycles. The Morgan fingerprint density at radius 2 is 1.94 bits per heavy atom. The summed E-state index contributed by atoms with van der Waals surface area (Å²) in [6.07, 6.45) is 0. The molecule has 1 fully saturated rings. The lowest BCUT2D eigenvalue weighted by Crippen LogP contribution is -2.44. The molecule has 0 radical (unpaired) electrons. The van der Waals surface area contributed by atoms with E-state index in [0.29, 0.717) is 24.6 Å². The van der Waals surface area contributed by atoms with E-state index < -0.39 is 0 Å². The third-order valence-corrected chi connectivity index (χ3v) is 3.10. The predicted octanol–water partition coefficient (Wildman–Crippen LogP) is 0.527. The molecule has 1 aromatic heterocycles. The van der Waals surface area contributed by atoms with Gasteiger partial charge in [-0.3, -0.25) is 0 Å². The summed E-state index contributed by atoms with van der Waals surface area (Å²) in [5.41, 5.74) is 8.59. The molecular formula is C11H16N4O. The fourth-order valence-corrected chi connectivity index (χ4v) is 2.08. The van der Waals surface area contributed by atoms with Gasteiger partial charge in [-0.2, -0.15) is 5.26 Å². The average Bonchev–Trinajstić information content (AvgIpc) is 2.51. The zero-order chi connectivity index (χ0) is 11.7. The number of nitrogens with two attached hydrogens (primary N) is 1. The van der Waals surface area contributed by atoms with Crippen LogP contribution in [0.1, 0.15) is 16.8 Å². The molecule has 0 saturated carbocycles. The molecule has 1 aliphatic rings. The maximum atomic E-state index is 9.05. The minimum absolute atomic E-state index is 0.541. The van der Waals surface area contributed by atoms with Crippen molar-refractivity contribution in [1.29, 1.82) is 5.26 Å². The number of rotatable bonds is 1. The third kappa shape index (κ3) is 1.51. The normalized spacial score (nSPS) is 16.2. The van der Waals surface area contributed by atoms with Gasteiger partial charge in [0, 0.05) is 5.69 Å². The fraction of sp³-hybridized carbons (Fsp3) is 0.545. The lowest BCUT2D eigenvalue weighted by atomic mass is 10.2. The van der Waals surface area contributed by atoms with E-state index in [1.165, 1.54) is 0 Å². The molecule has 2 N–H and O–H groups in total. The number of nitriles is 1. The maximum Gasteiger partial charge on any atom is 0.141 e. The first-order valence-electron chi connectivity index (χ1n) is 5.37. The minimum atomic E-state index is 0.541. The Labute approximate surface area is 95.0 Å². The van der Waals surface area contributed by atoms with Crippen molar-refractivity contribution in [2.75, 3.05) is 37.0 Å². The number of aromatic nitrogens is 1. The summed E-state index contributed by atoms with van der Waals surface area (Å²) < 4.78 is 7.24. The second kappa shape index (κ2) is 4.06. The van der Waals surface area contributed by atoms with Crippen LogP contribution >= 0.6 is 0 Å². The van der Waals surface area contributed by atoms with Gasteiger partial charge in [0.25, 0.3) is 0 Å². The van der Waals surface area contributed by atoms with Gasteiger partial charge in [-0.05, 0) is 19.4 Å². The summed E-state index contributed by atoms with van der Waals surface area (Å²) in [5.74, 6) is 0.541. The first-order chi connectivity index (χ1) is 7.66. The van der Waals surface area contributed by atoms with Crippen molar-refractivity contribution in [2.24, 2.45) is 0 Å². The number of nitrogen functional groups attached to an aromatic ring is 1. The number of ether oxygens (including phenoxy) is 1. The molecule has 0 bridgehead atoms. The molecule has 1 aromatic rings. The summed E-state index contributed by atoms with van der Waals surface area (Å²) in [5, 5.41) is 11.2. The van der Waals surface area contributed by atoms with Crippen molar-refractivity contribution in [1.82, 2.24) is 4.68 Å². The molecule has 16 heavy (non-hydrogen) atoms. The molecule has 0 spiro atoms. The quantitative estimate of drug-likeness (QED) is 0.749. The molecule has 1 aliphatic heterocycles. The largest absolute Gasteiger partial charge is 0.383 e. The minimum Gasteiger partial charge on any atom is -0.383 e. The zero-order valence-electron chi connectivity index (χ0n) is 9.66. The highest BCUT2D eigenvalue weighted by atomic mass is 16.5. The second-order valence-electron chi connectivity index (χ2n) is 3.96. The second-order valence-corrected chi connectivity index (χ2v) is 3.96. The van der Waals surface area contributed by atoms with E-state index in [4.69, 9.17) is 15.7 Å². The van der Waals surface area contributed by atoms with Crippen LogP contribution in [0.4, 0.5) is 5.82 Å². The molecule has 1 saturated heterocycles. The zero-order valence-corrected chi connectivity index (χ0v) is 9.66.